The van der Waals surface area contributed by atoms with Crippen LogP contribution in [0.15, 0.2) is 0 Å². The Labute approximate surface area is 129 Å². The lowest BCUT2D eigenvalue weighted by Gasteiger charge is -2.34. The quantitative estimate of drug-likeness (QED) is 0.867. The normalized spacial score (nSPS) is 19.9. The Hall–Kier alpha value is -1.11. The van der Waals surface area contributed by atoms with Gasteiger partial charge in [0.15, 0.2) is 0 Å². The molecule has 7 heteroatoms. The molecule has 1 N–H and O–H groups in total. The highest BCUT2D eigenvalue weighted by atomic mass is 35.5. The lowest BCUT2D eigenvalue weighted by Crippen LogP contribution is -2.46. The number of carboxylic acids is 1. The minimum atomic E-state index is -0.806. The average molecular weight is 316 g/mol. The highest BCUT2D eigenvalue weighted by molar-refractivity contribution is 6.31. The van der Waals surface area contributed by atoms with Crippen molar-refractivity contribution >= 4 is 17.6 Å². The molecule has 0 radical (unpaired) electrons. The zero-order valence-electron chi connectivity index (χ0n) is 12.5. The van der Waals surface area contributed by atoms with Crippen molar-refractivity contribution in [2.75, 3.05) is 19.8 Å². The Morgan fingerprint density at radius 1 is 1.52 bits per heavy atom. The molecule has 1 saturated heterocycles. The molecule has 1 aliphatic rings. The number of aryl methyl sites for hydroxylation is 2. The third-order valence-corrected chi connectivity index (χ3v) is 4.24. The van der Waals surface area contributed by atoms with Crippen molar-refractivity contribution in [1.29, 1.82) is 0 Å². The molecule has 1 aromatic heterocycles. The van der Waals surface area contributed by atoms with Gasteiger partial charge in [-0.05, 0) is 13.3 Å². The third-order valence-electron chi connectivity index (χ3n) is 3.81. The van der Waals surface area contributed by atoms with Crippen LogP contribution in [0.25, 0.3) is 0 Å². The van der Waals surface area contributed by atoms with Gasteiger partial charge < -0.3 is 9.84 Å². The molecular weight excluding hydrogens is 294 g/mol. The van der Waals surface area contributed by atoms with Crippen molar-refractivity contribution in [3.8, 4) is 0 Å². The number of halogens is 1. The van der Waals surface area contributed by atoms with Crippen LogP contribution in [0.1, 0.15) is 31.7 Å². The molecule has 118 valence electrons. The van der Waals surface area contributed by atoms with Crippen LogP contribution in [0.4, 0.5) is 0 Å². The molecule has 0 spiro atoms. The van der Waals surface area contributed by atoms with E-state index in [1.54, 1.807) is 0 Å². The van der Waals surface area contributed by atoms with Crippen LogP contribution in [0, 0.1) is 0 Å². The summed E-state index contributed by atoms with van der Waals surface area (Å²) in [7, 11) is 0. The third kappa shape index (κ3) is 3.75. The van der Waals surface area contributed by atoms with E-state index >= 15 is 0 Å². The summed E-state index contributed by atoms with van der Waals surface area (Å²) in [6, 6.07) is -0.113. The molecule has 2 heterocycles. The van der Waals surface area contributed by atoms with Crippen LogP contribution in [-0.2, 0) is 29.0 Å². The number of rotatable bonds is 6. The number of carbonyl (C=O) groups is 1. The van der Waals surface area contributed by atoms with Gasteiger partial charge in [0.05, 0.1) is 36.0 Å². The molecule has 1 aromatic rings. The molecule has 1 aliphatic heterocycles. The van der Waals surface area contributed by atoms with Crippen molar-refractivity contribution < 1.29 is 14.6 Å². The van der Waals surface area contributed by atoms with Crippen LogP contribution in [0.5, 0.6) is 0 Å². The molecule has 6 nitrogen and oxygen atoms in total. The van der Waals surface area contributed by atoms with E-state index in [1.165, 1.54) is 0 Å². The maximum Gasteiger partial charge on any atom is 0.305 e. The Bertz CT molecular complexity index is 504. The van der Waals surface area contributed by atoms with Crippen molar-refractivity contribution in [2.45, 2.75) is 45.8 Å². The highest BCUT2D eigenvalue weighted by Gasteiger charge is 2.27. The lowest BCUT2D eigenvalue weighted by molar-refractivity contribution is -0.140. The smallest absolute Gasteiger partial charge is 0.305 e. The molecule has 2 rings (SSSR count). The van der Waals surface area contributed by atoms with E-state index < -0.39 is 5.97 Å². The number of morpholine rings is 1. The van der Waals surface area contributed by atoms with Crippen molar-refractivity contribution in [3.63, 3.8) is 0 Å². The van der Waals surface area contributed by atoms with Gasteiger partial charge in [0.2, 0.25) is 0 Å². The summed E-state index contributed by atoms with van der Waals surface area (Å²) in [5.41, 5.74) is 1.87. The van der Waals surface area contributed by atoms with Gasteiger partial charge in [-0.15, -0.1) is 0 Å². The van der Waals surface area contributed by atoms with Gasteiger partial charge in [-0.3, -0.25) is 14.4 Å². The van der Waals surface area contributed by atoms with Crippen molar-refractivity contribution in [1.82, 2.24) is 14.7 Å². The Kier molecular flexibility index (Phi) is 5.61. The number of hydrogen-bond acceptors (Lipinski definition) is 4. The second-order valence-corrected chi connectivity index (χ2v) is 5.55. The minimum Gasteiger partial charge on any atom is -0.481 e. The molecule has 0 amide bonds. The zero-order valence-corrected chi connectivity index (χ0v) is 13.3. The van der Waals surface area contributed by atoms with Crippen LogP contribution in [0.2, 0.25) is 5.02 Å². The zero-order chi connectivity index (χ0) is 15.4. The van der Waals surface area contributed by atoms with E-state index in [-0.39, 0.29) is 12.5 Å². The molecule has 1 atom stereocenters. The monoisotopic (exact) mass is 315 g/mol. The lowest BCUT2D eigenvalue weighted by atomic mass is 10.1. The molecule has 0 aromatic carbocycles. The van der Waals surface area contributed by atoms with E-state index in [2.05, 4.69) is 10.00 Å². The molecular formula is C14H22ClN3O3. The summed E-state index contributed by atoms with van der Waals surface area (Å²) in [6.45, 7) is 7.20. The molecule has 0 saturated carbocycles. The second-order valence-electron chi connectivity index (χ2n) is 5.17. The Morgan fingerprint density at radius 2 is 2.29 bits per heavy atom. The first-order valence-electron chi connectivity index (χ1n) is 7.34. The van der Waals surface area contributed by atoms with E-state index in [4.69, 9.17) is 21.4 Å². The molecule has 1 unspecified atom stereocenters. The van der Waals surface area contributed by atoms with Gasteiger partial charge in [0.1, 0.15) is 0 Å². The number of hydrogen-bond donors (Lipinski definition) is 1. The van der Waals surface area contributed by atoms with Gasteiger partial charge in [0.25, 0.3) is 0 Å². The SMILES string of the molecule is CCc1nn(CC)c(CN2CCOCC2CC(=O)O)c1Cl. The average Bonchev–Trinajstić information content (AvgIpc) is 2.77. The minimum absolute atomic E-state index is 0.0819. The first-order valence-corrected chi connectivity index (χ1v) is 7.72. The second kappa shape index (κ2) is 7.24. The first-order chi connectivity index (χ1) is 10.1. The summed E-state index contributed by atoms with van der Waals surface area (Å²) in [5.74, 6) is -0.806. The maximum atomic E-state index is 11.0. The predicted molar refractivity (Wildman–Crippen MR) is 79.6 cm³/mol. The fourth-order valence-electron chi connectivity index (χ4n) is 2.65. The summed E-state index contributed by atoms with van der Waals surface area (Å²) < 4.78 is 7.31. The van der Waals surface area contributed by atoms with Crippen LogP contribution in [-0.4, -0.2) is 51.6 Å². The van der Waals surface area contributed by atoms with Gasteiger partial charge in [-0.2, -0.15) is 5.10 Å². The van der Waals surface area contributed by atoms with E-state index in [0.29, 0.717) is 31.3 Å². The van der Waals surface area contributed by atoms with Gasteiger partial charge >= 0.3 is 5.97 Å². The number of carboxylic acid groups (broad SMARTS) is 1. The first kappa shape index (κ1) is 16.3. The van der Waals surface area contributed by atoms with E-state index in [0.717, 1.165) is 24.4 Å². The fourth-order valence-corrected chi connectivity index (χ4v) is 2.98. The maximum absolute atomic E-state index is 11.0. The van der Waals surface area contributed by atoms with E-state index in [9.17, 15) is 4.79 Å². The van der Waals surface area contributed by atoms with Crippen molar-refractivity contribution in [2.24, 2.45) is 0 Å². The fraction of sp³-hybridized carbons (Fsp3) is 0.714. The number of aliphatic carboxylic acids is 1. The molecule has 0 aliphatic carbocycles. The topological polar surface area (TPSA) is 67.6 Å². The molecule has 1 fully saturated rings. The van der Waals surface area contributed by atoms with Crippen LogP contribution in [0.3, 0.4) is 0 Å². The van der Waals surface area contributed by atoms with Crippen LogP contribution >= 0.6 is 11.6 Å². The van der Waals surface area contributed by atoms with Gasteiger partial charge in [-0.25, -0.2) is 0 Å². The van der Waals surface area contributed by atoms with E-state index in [1.807, 2.05) is 18.5 Å². The summed E-state index contributed by atoms with van der Waals surface area (Å²) in [6.07, 6.45) is 0.874. The van der Waals surface area contributed by atoms with Crippen LogP contribution < -0.4 is 0 Å². The standard InChI is InChI=1S/C14H22ClN3O3/c1-3-11-14(15)12(18(4-2)16-11)8-17-5-6-21-9-10(17)7-13(19)20/h10H,3-9H2,1-2H3,(H,19,20). The Balaban J connectivity index is 2.18. The summed E-state index contributed by atoms with van der Waals surface area (Å²) in [4.78, 5) is 13.1. The summed E-state index contributed by atoms with van der Waals surface area (Å²) in [5, 5.41) is 14.2. The number of aromatic nitrogens is 2. The van der Waals surface area contributed by atoms with Gasteiger partial charge in [0, 0.05) is 25.7 Å². The predicted octanol–water partition coefficient (Wildman–Crippen LogP) is 1.79. The molecule has 21 heavy (non-hydrogen) atoms. The number of ether oxygens (including phenoxy) is 1. The summed E-state index contributed by atoms with van der Waals surface area (Å²) >= 11 is 6.42. The number of nitrogens with zero attached hydrogens (tertiary/aromatic N) is 3. The van der Waals surface area contributed by atoms with Gasteiger partial charge in [-0.1, -0.05) is 18.5 Å². The highest BCUT2D eigenvalue weighted by Crippen LogP contribution is 2.25. The molecule has 0 bridgehead atoms. The van der Waals surface area contributed by atoms with Crippen molar-refractivity contribution in [3.05, 3.63) is 16.4 Å². The Morgan fingerprint density at radius 3 is 2.90 bits per heavy atom. The largest absolute Gasteiger partial charge is 0.481 e.